The Morgan fingerprint density at radius 2 is 2.05 bits per heavy atom. The topological polar surface area (TPSA) is 89.9 Å². The lowest BCUT2D eigenvalue weighted by Gasteiger charge is -2.25. The summed E-state index contributed by atoms with van der Waals surface area (Å²) in [4.78, 5) is 24.6. The van der Waals surface area contributed by atoms with Gasteiger partial charge in [-0.15, -0.1) is 0 Å². The monoisotopic (exact) mass is 278 g/mol. The molecule has 0 bridgehead atoms. The minimum Gasteiger partial charge on any atom is -0.505 e. The van der Waals surface area contributed by atoms with E-state index in [1.54, 1.807) is 11.9 Å². The average Bonchev–Trinajstić information content (AvgIpc) is 3.23. The van der Waals surface area contributed by atoms with Gasteiger partial charge in [-0.25, -0.2) is 9.59 Å². The second-order valence-corrected chi connectivity index (χ2v) is 5.13. The molecule has 0 spiro atoms. The zero-order chi connectivity index (χ0) is 14.9. The Balaban J connectivity index is 2.11. The molecule has 1 saturated carbocycles. The zero-order valence-corrected chi connectivity index (χ0v) is 11.5. The largest absolute Gasteiger partial charge is 0.505 e. The fourth-order valence-electron chi connectivity index (χ4n) is 2.10. The lowest BCUT2D eigenvalue weighted by Crippen LogP contribution is -2.39. The molecule has 1 unspecified atom stereocenters. The molecule has 1 aliphatic rings. The number of phenols is 1. The third-order valence-corrected chi connectivity index (χ3v) is 3.74. The standard InChI is InChI=1S/C14H18N2O4/c1-8(9-6-7-9)16(2)14(20)15-11-5-3-4-10(12(11)17)13(18)19/h3-5,8-9,17H,6-7H2,1-2H3,(H,15,20)(H,18,19). The molecule has 3 N–H and O–H groups in total. The Morgan fingerprint density at radius 3 is 2.60 bits per heavy atom. The van der Waals surface area contributed by atoms with Crippen molar-refractivity contribution >= 4 is 17.7 Å². The molecule has 20 heavy (non-hydrogen) atoms. The van der Waals surface area contributed by atoms with Gasteiger partial charge in [-0.05, 0) is 37.8 Å². The highest BCUT2D eigenvalue weighted by Gasteiger charge is 2.32. The number of nitrogens with zero attached hydrogens (tertiary/aromatic N) is 1. The van der Waals surface area contributed by atoms with Gasteiger partial charge in [0.25, 0.3) is 0 Å². The molecular formula is C14H18N2O4. The van der Waals surface area contributed by atoms with Crippen molar-refractivity contribution in [3.63, 3.8) is 0 Å². The lowest BCUT2D eigenvalue weighted by molar-refractivity contribution is 0.0693. The minimum absolute atomic E-state index is 0.102. The van der Waals surface area contributed by atoms with E-state index in [1.807, 2.05) is 6.92 Å². The number of aromatic carboxylic acids is 1. The number of hydrogen-bond acceptors (Lipinski definition) is 3. The predicted octanol–water partition coefficient (Wildman–Crippen LogP) is 2.35. The maximum atomic E-state index is 12.1. The van der Waals surface area contributed by atoms with Gasteiger partial charge in [0, 0.05) is 13.1 Å². The van der Waals surface area contributed by atoms with Crippen LogP contribution in [0.1, 0.15) is 30.1 Å². The van der Waals surface area contributed by atoms with Crippen molar-refractivity contribution in [2.75, 3.05) is 12.4 Å². The van der Waals surface area contributed by atoms with Crippen LogP contribution in [0.15, 0.2) is 18.2 Å². The van der Waals surface area contributed by atoms with Gasteiger partial charge in [-0.3, -0.25) is 0 Å². The smallest absolute Gasteiger partial charge is 0.339 e. The molecule has 2 amide bonds. The van der Waals surface area contributed by atoms with Gasteiger partial charge in [-0.1, -0.05) is 6.07 Å². The van der Waals surface area contributed by atoms with Crippen LogP contribution in [0, 0.1) is 5.92 Å². The number of benzene rings is 1. The summed E-state index contributed by atoms with van der Waals surface area (Å²) < 4.78 is 0. The number of nitrogens with one attached hydrogen (secondary N) is 1. The number of carbonyl (C=O) groups is 2. The zero-order valence-electron chi connectivity index (χ0n) is 11.5. The minimum atomic E-state index is -1.24. The fraction of sp³-hybridized carbons (Fsp3) is 0.429. The number of amides is 2. The molecule has 1 aromatic carbocycles. The van der Waals surface area contributed by atoms with Crippen LogP contribution in [0.2, 0.25) is 0 Å². The molecule has 0 aliphatic heterocycles. The second kappa shape index (κ2) is 5.40. The van der Waals surface area contributed by atoms with Crippen molar-refractivity contribution in [2.45, 2.75) is 25.8 Å². The highest BCUT2D eigenvalue weighted by molar-refractivity contribution is 5.97. The molecule has 1 aliphatic carbocycles. The molecule has 6 nitrogen and oxygen atoms in total. The van der Waals surface area contributed by atoms with Gasteiger partial charge in [0.1, 0.15) is 5.56 Å². The molecule has 0 radical (unpaired) electrons. The summed E-state index contributed by atoms with van der Waals surface area (Å²) in [7, 11) is 1.69. The number of aromatic hydroxyl groups is 1. The van der Waals surface area contributed by atoms with Crippen molar-refractivity contribution in [1.82, 2.24) is 4.90 Å². The highest BCUT2D eigenvalue weighted by Crippen LogP contribution is 2.35. The van der Waals surface area contributed by atoms with Crippen LogP contribution >= 0.6 is 0 Å². The third-order valence-electron chi connectivity index (χ3n) is 3.74. The number of hydrogen-bond donors (Lipinski definition) is 3. The van der Waals surface area contributed by atoms with Gasteiger partial charge >= 0.3 is 12.0 Å². The van der Waals surface area contributed by atoms with E-state index in [4.69, 9.17) is 5.11 Å². The van der Waals surface area contributed by atoms with E-state index >= 15 is 0 Å². The highest BCUT2D eigenvalue weighted by atomic mass is 16.4. The Morgan fingerprint density at radius 1 is 1.40 bits per heavy atom. The SMILES string of the molecule is CC(C1CC1)N(C)C(=O)Nc1cccc(C(=O)O)c1O. The molecule has 1 atom stereocenters. The summed E-state index contributed by atoms with van der Waals surface area (Å²) in [5.74, 6) is -1.14. The quantitative estimate of drug-likeness (QED) is 0.737. The van der Waals surface area contributed by atoms with Crippen LogP contribution in [-0.4, -0.2) is 40.2 Å². The fourth-order valence-corrected chi connectivity index (χ4v) is 2.10. The first-order chi connectivity index (χ1) is 9.41. The lowest BCUT2D eigenvalue weighted by atomic mass is 10.1. The molecule has 0 saturated heterocycles. The summed E-state index contributed by atoms with van der Waals surface area (Å²) in [5.41, 5.74) is -0.134. The van der Waals surface area contributed by atoms with E-state index < -0.39 is 11.7 Å². The number of rotatable bonds is 4. The number of carboxylic acid groups (broad SMARTS) is 1. The molecule has 1 fully saturated rings. The van der Waals surface area contributed by atoms with Crippen LogP contribution in [0.4, 0.5) is 10.5 Å². The van der Waals surface area contributed by atoms with E-state index in [1.165, 1.54) is 18.2 Å². The molecule has 1 aromatic rings. The molecule has 108 valence electrons. The van der Waals surface area contributed by atoms with Gasteiger partial charge < -0.3 is 20.4 Å². The number of carbonyl (C=O) groups excluding carboxylic acids is 1. The van der Waals surface area contributed by atoms with Crippen molar-refractivity contribution in [2.24, 2.45) is 5.92 Å². The molecular weight excluding hydrogens is 260 g/mol. The maximum absolute atomic E-state index is 12.1. The van der Waals surface area contributed by atoms with E-state index in [-0.39, 0.29) is 23.3 Å². The first-order valence-corrected chi connectivity index (χ1v) is 6.51. The predicted molar refractivity (Wildman–Crippen MR) is 74.0 cm³/mol. The van der Waals surface area contributed by atoms with Crippen LogP contribution in [0.5, 0.6) is 5.75 Å². The van der Waals surface area contributed by atoms with E-state index in [2.05, 4.69) is 5.32 Å². The first-order valence-electron chi connectivity index (χ1n) is 6.51. The Kier molecular flexibility index (Phi) is 3.83. The summed E-state index contributed by atoms with van der Waals surface area (Å²) in [6.45, 7) is 1.98. The van der Waals surface area contributed by atoms with Gasteiger partial charge in [0.05, 0.1) is 5.69 Å². The number of urea groups is 1. The molecule has 0 aromatic heterocycles. The molecule has 6 heteroatoms. The number of carboxylic acids is 1. The number of para-hydroxylation sites is 1. The Bertz CT molecular complexity index is 540. The Labute approximate surface area is 117 Å². The first kappa shape index (κ1) is 14.2. The third kappa shape index (κ3) is 2.84. The van der Waals surface area contributed by atoms with E-state index in [0.717, 1.165) is 12.8 Å². The molecule has 0 heterocycles. The molecule has 2 rings (SSSR count). The van der Waals surface area contributed by atoms with Gasteiger partial charge in [0.15, 0.2) is 5.75 Å². The van der Waals surface area contributed by atoms with Crippen molar-refractivity contribution in [3.05, 3.63) is 23.8 Å². The summed E-state index contributed by atoms with van der Waals surface area (Å²) >= 11 is 0. The normalized spacial score (nSPS) is 15.5. The second-order valence-electron chi connectivity index (χ2n) is 5.13. The van der Waals surface area contributed by atoms with E-state index in [9.17, 15) is 14.7 Å². The summed E-state index contributed by atoms with van der Waals surface area (Å²) in [6.07, 6.45) is 2.25. The van der Waals surface area contributed by atoms with Crippen LogP contribution in [0.25, 0.3) is 0 Å². The van der Waals surface area contributed by atoms with Crippen molar-refractivity contribution in [1.29, 1.82) is 0 Å². The Hall–Kier alpha value is -2.24. The number of anilines is 1. The summed E-state index contributed by atoms with van der Waals surface area (Å²) in [5, 5.41) is 21.3. The summed E-state index contributed by atoms with van der Waals surface area (Å²) in [6, 6.07) is 3.99. The van der Waals surface area contributed by atoms with Gasteiger partial charge in [0.2, 0.25) is 0 Å². The van der Waals surface area contributed by atoms with Crippen LogP contribution in [-0.2, 0) is 0 Å². The van der Waals surface area contributed by atoms with Crippen LogP contribution in [0.3, 0.4) is 0 Å². The van der Waals surface area contributed by atoms with Crippen molar-refractivity contribution < 1.29 is 19.8 Å². The van der Waals surface area contributed by atoms with E-state index in [0.29, 0.717) is 5.92 Å². The van der Waals surface area contributed by atoms with Crippen LogP contribution < -0.4 is 5.32 Å². The average molecular weight is 278 g/mol. The van der Waals surface area contributed by atoms with Crippen molar-refractivity contribution in [3.8, 4) is 5.75 Å². The maximum Gasteiger partial charge on any atom is 0.339 e. The van der Waals surface area contributed by atoms with Gasteiger partial charge in [-0.2, -0.15) is 0 Å².